The minimum absolute atomic E-state index is 0. The van der Waals surface area contributed by atoms with Crippen molar-refractivity contribution in [1.82, 2.24) is 4.48 Å². The van der Waals surface area contributed by atoms with Gasteiger partial charge in [-0.15, -0.1) is 0 Å². The fourth-order valence-corrected chi connectivity index (χ4v) is 5.26. The first-order chi connectivity index (χ1) is 14.7. The number of nitrogens with zero attached hydrogens (tertiary/aromatic N) is 1. The molecule has 0 aromatic heterocycles. The third-order valence-electron chi connectivity index (χ3n) is 6.87. The van der Waals surface area contributed by atoms with Gasteiger partial charge in [0.05, 0.1) is 19.6 Å². The molecule has 0 atom stereocenters. The van der Waals surface area contributed by atoms with Gasteiger partial charge in [-0.1, -0.05) is 116 Å². The van der Waals surface area contributed by atoms with Gasteiger partial charge in [0.15, 0.2) is 0 Å². The van der Waals surface area contributed by atoms with E-state index in [-0.39, 0.29) is 5.48 Å². The number of para-hydroxylation sites is 1. The number of rotatable bonds is 20. The number of unbranched alkanes of at least 4 members (excludes halogenated alkanes) is 13. The SMILES string of the molecule is CCCCCCCCCCCCCCCC[N+](CCC)(CCC)c1ccccc1C.[OH-]. The summed E-state index contributed by atoms with van der Waals surface area (Å²) in [7, 11) is 0. The largest absolute Gasteiger partial charge is 0.870 e. The molecule has 0 saturated carbocycles. The monoisotopic (exact) mass is 433 g/mol. The summed E-state index contributed by atoms with van der Waals surface area (Å²) in [5, 5.41) is 0. The third kappa shape index (κ3) is 12.7. The molecule has 182 valence electrons. The Morgan fingerprint density at radius 3 is 1.35 bits per heavy atom. The summed E-state index contributed by atoms with van der Waals surface area (Å²) in [6.45, 7) is 13.2. The molecule has 0 unspecified atom stereocenters. The van der Waals surface area contributed by atoms with E-state index in [1.807, 2.05) is 0 Å². The van der Waals surface area contributed by atoms with Crippen molar-refractivity contribution in [2.75, 3.05) is 19.6 Å². The number of benzene rings is 1. The maximum absolute atomic E-state index is 2.39. The lowest BCUT2D eigenvalue weighted by Crippen LogP contribution is -2.51. The molecule has 0 amide bonds. The molecule has 1 N–H and O–H groups in total. The quantitative estimate of drug-likeness (QED) is 0.149. The van der Waals surface area contributed by atoms with Crippen LogP contribution in [0.4, 0.5) is 5.69 Å². The highest BCUT2D eigenvalue weighted by molar-refractivity contribution is 5.49. The minimum atomic E-state index is 0. The van der Waals surface area contributed by atoms with Crippen molar-refractivity contribution in [2.45, 2.75) is 130 Å². The van der Waals surface area contributed by atoms with Crippen molar-refractivity contribution in [3.8, 4) is 0 Å². The van der Waals surface area contributed by atoms with Crippen molar-refractivity contribution in [3.63, 3.8) is 0 Å². The van der Waals surface area contributed by atoms with Crippen molar-refractivity contribution in [2.24, 2.45) is 0 Å². The topological polar surface area (TPSA) is 30.0 Å². The number of quaternary nitrogens is 1. The second kappa shape index (κ2) is 19.8. The Bertz CT molecular complexity index is 507. The first-order valence-electron chi connectivity index (χ1n) is 13.6. The molecule has 0 bridgehead atoms. The molecule has 0 fully saturated rings. The molecule has 0 heterocycles. The zero-order valence-electron chi connectivity index (χ0n) is 21.6. The van der Waals surface area contributed by atoms with E-state index in [1.165, 1.54) is 132 Å². The van der Waals surface area contributed by atoms with Crippen LogP contribution < -0.4 is 4.48 Å². The molecular weight excluding hydrogens is 378 g/mol. The highest BCUT2D eigenvalue weighted by atomic mass is 16.0. The van der Waals surface area contributed by atoms with Crippen LogP contribution in [0.3, 0.4) is 0 Å². The second-order valence-electron chi connectivity index (χ2n) is 9.70. The molecule has 0 aliphatic carbocycles. The van der Waals surface area contributed by atoms with Crippen LogP contribution in [-0.4, -0.2) is 25.1 Å². The standard InChI is InChI=1S/C29H54N.H2O/c1-5-8-9-10-11-12-13-14-15-16-17-18-19-22-27-30(25-6-2,26-7-3)29-24-21-20-23-28(29)4;/h20-21,23-24H,5-19,22,25-27H2,1-4H3;1H2/q+1;/p-1. The van der Waals surface area contributed by atoms with Crippen molar-refractivity contribution in [1.29, 1.82) is 0 Å². The van der Waals surface area contributed by atoms with Crippen LogP contribution in [-0.2, 0) is 0 Å². The molecule has 1 aromatic carbocycles. The van der Waals surface area contributed by atoms with Crippen molar-refractivity contribution < 1.29 is 5.48 Å². The molecule has 31 heavy (non-hydrogen) atoms. The molecule has 0 aliphatic rings. The smallest absolute Gasteiger partial charge is 0.135 e. The summed E-state index contributed by atoms with van der Waals surface area (Å²) >= 11 is 0. The van der Waals surface area contributed by atoms with Gasteiger partial charge in [0.25, 0.3) is 0 Å². The Morgan fingerprint density at radius 1 is 0.516 bits per heavy atom. The van der Waals surface area contributed by atoms with Crippen LogP contribution in [0.25, 0.3) is 0 Å². The van der Waals surface area contributed by atoms with E-state index in [1.54, 1.807) is 5.69 Å². The van der Waals surface area contributed by atoms with Gasteiger partial charge in [-0.2, -0.15) is 0 Å². The van der Waals surface area contributed by atoms with Crippen LogP contribution in [0.1, 0.15) is 129 Å². The predicted octanol–water partition coefficient (Wildman–Crippen LogP) is 9.43. The Morgan fingerprint density at radius 2 is 0.935 bits per heavy atom. The average Bonchev–Trinajstić information content (AvgIpc) is 2.74. The molecule has 2 heteroatoms. The summed E-state index contributed by atoms with van der Waals surface area (Å²) in [5.41, 5.74) is 3.06. The van der Waals surface area contributed by atoms with Gasteiger partial charge in [-0.05, 0) is 38.7 Å². The molecule has 0 spiro atoms. The highest BCUT2D eigenvalue weighted by Gasteiger charge is 2.29. The van der Waals surface area contributed by atoms with E-state index in [4.69, 9.17) is 0 Å². The molecule has 1 rings (SSSR count). The van der Waals surface area contributed by atoms with Gasteiger partial charge in [0.1, 0.15) is 5.69 Å². The Balaban J connectivity index is 0.00000900. The summed E-state index contributed by atoms with van der Waals surface area (Å²) in [6.07, 6.45) is 22.7. The van der Waals surface area contributed by atoms with Gasteiger partial charge < -0.3 is 5.48 Å². The predicted molar refractivity (Wildman–Crippen MR) is 140 cm³/mol. The van der Waals surface area contributed by atoms with Crippen molar-refractivity contribution >= 4 is 5.69 Å². The average molecular weight is 434 g/mol. The van der Waals surface area contributed by atoms with Crippen molar-refractivity contribution in [3.05, 3.63) is 29.8 Å². The van der Waals surface area contributed by atoms with Gasteiger partial charge in [-0.3, -0.25) is 4.48 Å². The van der Waals surface area contributed by atoms with Crippen LogP contribution >= 0.6 is 0 Å². The Kier molecular flexibility index (Phi) is 19.2. The first-order valence-corrected chi connectivity index (χ1v) is 13.6. The van der Waals surface area contributed by atoms with Crippen LogP contribution in [0.5, 0.6) is 0 Å². The summed E-state index contributed by atoms with van der Waals surface area (Å²) in [4.78, 5) is 0. The lowest BCUT2D eigenvalue weighted by Gasteiger charge is -2.39. The zero-order chi connectivity index (χ0) is 21.9. The minimum Gasteiger partial charge on any atom is -0.870 e. The number of hydrogen-bond acceptors (Lipinski definition) is 1. The third-order valence-corrected chi connectivity index (χ3v) is 6.87. The summed E-state index contributed by atoms with van der Waals surface area (Å²) in [6, 6.07) is 9.13. The van der Waals surface area contributed by atoms with E-state index < -0.39 is 0 Å². The summed E-state index contributed by atoms with van der Waals surface area (Å²) in [5.74, 6) is 0. The summed E-state index contributed by atoms with van der Waals surface area (Å²) < 4.78 is 1.21. The highest BCUT2D eigenvalue weighted by Crippen LogP contribution is 2.29. The molecule has 0 radical (unpaired) electrons. The Hall–Kier alpha value is -0.860. The van der Waals surface area contributed by atoms with Crippen LogP contribution in [0.2, 0.25) is 0 Å². The molecule has 1 aromatic rings. The Labute approximate surface area is 195 Å². The van der Waals surface area contributed by atoms with Gasteiger partial charge in [0.2, 0.25) is 0 Å². The lowest BCUT2D eigenvalue weighted by atomic mass is 10.0. The van der Waals surface area contributed by atoms with E-state index in [2.05, 4.69) is 52.0 Å². The molecular formula is C29H55NO. The maximum Gasteiger partial charge on any atom is 0.135 e. The van der Waals surface area contributed by atoms with Gasteiger partial charge >= 0.3 is 0 Å². The molecule has 0 saturated heterocycles. The fraction of sp³-hybridized carbons (Fsp3) is 0.793. The van der Waals surface area contributed by atoms with Gasteiger partial charge in [-0.25, -0.2) is 0 Å². The van der Waals surface area contributed by atoms with Gasteiger partial charge in [0, 0.05) is 5.56 Å². The zero-order valence-corrected chi connectivity index (χ0v) is 21.6. The van der Waals surface area contributed by atoms with E-state index in [0.29, 0.717) is 0 Å². The normalized spacial score (nSPS) is 11.5. The number of aryl methyl sites for hydroxylation is 1. The second-order valence-corrected chi connectivity index (χ2v) is 9.70. The van der Waals surface area contributed by atoms with Crippen LogP contribution in [0.15, 0.2) is 24.3 Å². The fourth-order valence-electron chi connectivity index (χ4n) is 5.26. The number of hydrogen-bond donors (Lipinski definition) is 0. The van der Waals surface area contributed by atoms with E-state index in [9.17, 15) is 0 Å². The van der Waals surface area contributed by atoms with E-state index >= 15 is 0 Å². The maximum atomic E-state index is 2.39. The van der Waals surface area contributed by atoms with Crippen LogP contribution in [0, 0.1) is 6.92 Å². The molecule has 0 aliphatic heterocycles. The molecule has 2 nitrogen and oxygen atoms in total. The van der Waals surface area contributed by atoms with E-state index in [0.717, 1.165) is 0 Å². The first kappa shape index (κ1) is 30.1. The lowest BCUT2D eigenvalue weighted by molar-refractivity contribution is 0.264.